The third kappa shape index (κ3) is 2.57. The number of aromatic nitrogens is 1. The number of oxazole rings is 1. The molecule has 1 heterocycles. The highest BCUT2D eigenvalue weighted by atomic mass is 127. The summed E-state index contributed by atoms with van der Waals surface area (Å²) in [6.07, 6.45) is 4.62. The fourth-order valence-electron chi connectivity index (χ4n) is 2.77. The maximum absolute atomic E-state index is 11.6. The number of hydrogen-bond donors (Lipinski definition) is 1. The van der Waals surface area contributed by atoms with Gasteiger partial charge in [-0.1, -0.05) is 0 Å². The van der Waals surface area contributed by atoms with E-state index in [1.54, 1.807) is 13.3 Å². The molecule has 0 radical (unpaired) electrons. The van der Waals surface area contributed by atoms with Crippen LogP contribution in [0.25, 0.3) is 11.3 Å². The van der Waals surface area contributed by atoms with Gasteiger partial charge in [0, 0.05) is 22.0 Å². The highest BCUT2D eigenvalue weighted by molar-refractivity contribution is 14.1. The predicted octanol–water partition coefficient (Wildman–Crippen LogP) is 2.86. The molecule has 1 aliphatic rings. The number of carbonyl (C=O) groups excluding carboxylic acids is 1. The number of benzene rings is 1. The molecule has 2 aromatic rings. The van der Waals surface area contributed by atoms with Gasteiger partial charge in [-0.05, 0) is 46.7 Å². The van der Waals surface area contributed by atoms with E-state index in [9.17, 15) is 4.79 Å². The van der Waals surface area contributed by atoms with Gasteiger partial charge >= 0.3 is 0 Å². The Labute approximate surface area is 136 Å². The first-order valence-corrected chi connectivity index (χ1v) is 7.69. The number of ether oxygens (including phenoxy) is 1. The zero-order chi connectivity index (χ0) is 15.0. The number of methoxy groups -OCH3 is 1. The lowest BCUT2D eigenvalue weighted by molar-refractivity contribution is -0.117. The Morgan fingerprint density at radius 2 is 2.29 bits per heavy atom. The number of rotatable bonds is 3. The van der Waals surface area contributed by atoms with E-state index in [1.807, 2.05) is 12.1 Å². The third-order valence-electron chi connectivity index (χ3n) is 3.89. The SMILES string of the molecule is COc1cc(C2(N)CCC(=O)C2)c(I)cc1-c1cnco1. The van der Waals surface area contributed by atoms with Gasteiger partial charge in [0.15, 0.2) is 12.2 Å². The summed E-state index contributed by atoms with van der Waals surface area (Å²) in [7, 11) is 1.61. The van der Waals surface area contributed by atoms with Crippen LogP contribution >= 0.6 is 22.6 Å². The van der Waals surface area contributed by atoms with Crippen molar-refractivity contribution in [3.63, 3.8) is 0 Å². The molecular weight excluding hydrogens is 383 g/mol. The van der Waals surface area contributed by atoms with Gasteiger partial charge in [0.05, 0.1) is 18.9 Å². The molecule has 1 fully saturated rings. The summed E-state index contributed by atoms with van der Waals surface area (Å²) < 4.78 is 11.8. The standard InChI is InChI=1S/C15H15IN2O3/c1-20-13-5-11(15(17)3-2-9(19)6-15)12(16)4-10(13)14-7-18-8-21-14/h4-5,7-8H,2-3,6,17H2,1H3. The van der Waals surface area contributed by atoms with Gasteiger partial charge in [-0.25, -0.2) is 4.98 Å². The maximum atomic E-state index is 11.6. The number of halogens is 1. The fraction of sp³-hybridized carbons (Fsp3) is 0.333. The van der Waals surface area contributed by atoms with Crippen molar-refractivity contribution < 1.29 is 13.9 Å². The smallest absolute Gasteiger partial charge is 0.181 e. The first kappa shape index (κ1) is 14.5. The van der Waals surface area contributed by atoms with Crippen molar-refractivity contribution in [3.05, 3.63) is 33.9 Å². The van der Waals surface area contributed by atoms with Crippen LogP contribution in [0.3, 0.4) is 0 Å². The average Bonchev–Trinajstić information content (AvgIpc) is 3.09. The summed E-state index contributed by atoms with van der Waals surface area (Å²) in [4.78, 5) is 15.5. The van der Waals surface area contributed by atoms with Crippen LogP contribution in [0.2, 0.25) is 0 Å². The van der Waals surface area contributed by atoms with E-state index in [4.69, 9.17) is 14.9 Å². The monoisotopic (exact) mass is 398 g/mol. The van der Waals surface area contributed by atoms with Crippen molar-refractivity contribution >= 4 is 28.4 Å². The molecule has 0 bridgehead atoms. The van der Waals surface area contributed by atoms with Gasteiger partial charge in [0.25, 0.3) is 0 Å². The zero-order valence-electron chi connectivity index (χ0n) is 11.6. The summed E-state index contributed by atoms with van der Waals surface area (Å²) in [5, 5.41) is 0. The summed E-state index contributed by atoms with van der Waals surface area (Å²) in [6, 6.07) is 3.88. The molecule has 21 heavy (non-hydrogen) atoms. The fourth-order valence-corrected chi connectivity index (χ4v) is 3.77. The van der Waals surface area contributed by atoms with E-state index >= 15 is 0 Å². The van der Waals surface area contributed by atoms with Crippen molar-refractivity contribution in [3.8, 4) is 17.1 Å². The minimum absolute atomic E-state index is 0.214. The highest BCUT2D eigenvalue weighted by Crippen LogP contribution is 2.41. The van der Waals surface area contributed by atoms with E-state index in [-0.39, 0.29) is 5.78 Å². The predicted molar refractivity (Wildman–Crippen MR) is 85.9 cm³/mol. The number of carbonyl (C=O) groups is 1. The summed E-state index contributed by atoms with van der Waals surface area (Å²) >= 11 is 2.24. The molecule has 1 atom stereocenters. The minimum Gasteiger partial charge on any atom is -0.496 e. The van der Waals surface area contributed by atoms with E-state index < -0.39 is 5.54 Å². The van der Waals surface area contributed by atoms with Crippen molar-refractivity contribution in [1.82, 2.24) is 4.98 Å². The molecule has 0 amide bonds. The first-order chi connectivity index (χ1) is 10.0. The summed E-state index contributed by atoms with van der Waals surface area (Å²) in [5.74, 6) is 1.53. The van der Waals surface area contributed by atoms with Gasteiger partial charge in [-0.15, -0.1) is 0 Å². The van der Waals surface area contributed by atoms with Crippen LogP contribution < -0.4 is 10.5 Å². The van der Waals surface area contributed by atoms with Gasteiger partial charge in [0.1, 0.15) is 11.5 Å². The molecule has 6 heteroatoms. The molecule has 110 valence electrons. The maximum Gasteiger partial charge on any atom is 0.181 e. The first-order valence-electron chi connectivity index (χ1n) is 6.61. The number of nitrogens with zero attached hydrogens (tertiary/aromatic N) is 1. The van der Waals surface area contributed by atoms with Crippen LogP contribution in [-0.2, 0) is 10.3 Å². The van der Waals surface area contributed by atoms with Crippen LogP contribution in [0.1, 0.15) is 24.8 Å². The van der Waals surface area contributed by atoms with Crippen LogP contribution in [0.15, 0.2) is 29.1 Å². The minimum atomic E-state index is -0.596. The molecule has 0 aliphatic heterocycles. The number of nitrogens with two attached hydrogens (primary N) is 1. The third-order valence-corrected chi connectivity index (χ3v) is 4.78. The van der Waals surface area contributed by atoms with Gasteiger partial charge in [0.2, 0.25) is 0 Å². The Bertz CT molecular complexity index is 684. The molecule has 1 saturated carbocycles. The molecule has 1 unspecified atom stereocenters. The lowest BCUT2D eigenvalue weighted by Gasteiger charge is -2.26. The lowest BCUT2D eigenvalue weighted by atomic mass is 9.88. The topological polar surface area (TPSA) is 78.4 Å². The van der Waals surface area contributed by atoms with Crippen molar-refractivity contribution in [2.24, 2.45) is 5.73 Å². The number of ketones is 1. The molecule has 1 aromatic heterocycles. The molecule has 2 N–H and O–H groups in total. The molecule has 3 rings (SSSR count). The van der Waals surface area contributed by atoms with Crippen LogP contribution in [0.5, 0.6) is 5.75 Å². The second-order valence-corrected chi connectivity index (χ2v) is 6.43. The molecule has 0 saturated heterocycles. The second-order valence-electron chi connectivity index (χ2n) is 5.27. The van der Waals surface area contributed by atoms with E-state index in [2.05, 4.69) is 27.6 Å². The summed E-state index contributed by atoms with van der Waals surface area (Å²) in [6.45, 7) is 0. The highest BCUT2D eigenvalue weighted by Gasteiger charge is 2.38. The molecule has 1 aliphatic carbocycles. The Morgan fingerprint density at radius 1 is 1.48 bits per heavy atom. The largest absolute Gasteiger partial charge is 0.496 e. The zero-order valence-corrected chi connectivity index (χ0v) is 13.7. The Hall–Kier alpha value is -1.41. The van der Waals surface area contributed by atoms with Gasteiger partial charge < -0.3 is 14.9 Å². The quantitative estimate of drug-likeness (QED) is 0.805. The Kier molecular flexibility index (Phi) is 3.75. The van der Waals surface area contributed by atoms with Gasteiger partial charge in [-0.2, -0.15) is 0 Å². The number of hydrogen-bond acceptors (Lipinski definition) is 5. The molecular formula is C15H15IN2O3. The molecule has 5 nitrogen and oxygen atoms in total. The van der Waals surface area contributed by atoms with E-state index in [1.165, 1.54) is 6.39 Å². The Balaban J connectivity index is 2.10. The van der Waals surface area contributed by atoms with Crippen LogP contribution in [-0.4, -0.2) is 17.9 Å². The van der Waals surface area contributed by atoms with Crippen molar-refractivity contribution in [1.29, 1.82) is 0 Å². The van der Waals surface area contributed by atoms with E-state index in [0.717, 1.165) is 14.7 Å². The normalized spacial score (nSPS) is 21.8. The van der Waals surface area contributed by atoms with Crippen LogP contribution in [0, 0.1) is 3.57 Å². The second kappa shape index (κ2) is 5.42. The summed E-state index contributed by atoms with van der Waals surface area (Å²) in [5.41, 5.74) is 7.63. The molecule has 1 aromatic carbocycles. The molecule has 0 spiro atoms. The van der Waals surface area contributed by atoms with E-state index in [0.29, 0.717) is 30.8 Å². The Morgan fingerprint density at radius 3 is 2.86 bits per heavy atom. The van der Waals surface area contributed by atoms with Crippen LogP contribution in [0.4, 0.5) is 0 Å². The number of Topliss-reactive ketones (excluding diaryl/α,β-unsaturated/α-hetero) is 1. The van der Waals surface area contributed by atoms with Crippen molar-refractivity contribution in [2.45, 2.75) is 24.8 Å². The average molecular weight is 398 g/mol. The lowest BCUT2D eigenvalue weighted by Crippen LogP contribution is -2.34. The van der Waals surface area contributed by atoms with Crippen molar-refractivity contribution in [2.75, 3.05) is 7.11 Å². The van der Waals surface area contributed by atoms with Gasteiger partial charge in [-0.3, -0.25) is 4.79 Å².